The Labute approximate surface area is 105 Å². The van der Waals surface area contributed by atoms with Crippen molar-refractivity contribution in [2.75, 3.05) is 19.6 Å². The number of carbonyl (C=O) groups excluding carboxylic acids is 1. The molecule has 2 heterocycles. The molecule has 2 rings (SSSR count). The molecule has 2 bridgehead atoms. The first-order valence-electron chi connectivity index (χ1n) is 6.02. The Bertz CT molecular complexity index is 345. The molecule has 2 saturated heterocycles. The Morgan fingerprint density at radius 2 is 1.94 bits per heavy atom. The first-order chi connectivity index (χ1) is 8.38. The zero-order valence-corrected chi connectivity index (χ0v) is 10.3. The van der Waals surface area contributed by atoms with Gasteiger partial charge >= 0.3 is 12.0 Å². The molecule has 102 valence electrons. The Balaban J connectivity index is 1.83. The van der Waals surface area contributed by atoms with E-state index in [1.54, 1.807) is 4.90 Å². The summed E-state index contributed by atoms with van der Waals surface area (Å²) in [6, 6.07) is -0.350. The molecular weight excluding hydrogens is 240 g/mol. The quantitative estimate of drug-likeness (QED) is 0.627. The molecule has 18 heavy (non-hydrogen) atoms. The normalized spacial score (nSPS) is 29.8. The van der Waals surface area contributed by atoms with Crippen LogP contribution in [0.4, 0.5) is 4.79 Å². The number of carbonyl (C=O) groups is 2. The summed E-state index contributed by atoms with van der Waals surface area (Å²) in [7, 11) is 0. The molecule has 3 atom stereocenters. The summed E-state index contributed by atoms with van der Waals surface area (Å²) >= 11 is 0. The lowest BCUT2D eigenvalue weighted by atomic mass is 10.1. The lowest BCUT2D eigenvalue weighted by molar-refractivity contribution is -0.155. The van der Waals surface area contributed by atoms with E-state index in [0.717, 1.165) is 19.8 Å². The van der Waals surface area contributed by atoms with Crippen molar-refractivity contribution in [1.29, 1.82) is 0 Å². The van der Waals surface area contributed by atoms with Gasteiger partial charge in [-0.05, 0) is 19.8 Å². The zero-order valence-electron chi connectivity index (χ0n) is 10.3. The molecule has 0 saturated carbocycles. The second-order valence-electron chi connectivity index (χ2n) is 5.10. The number of aliphatic hydroxyl groups is 1. The summed E-state index contributed by atoms with van der Waals surface area (Å²) in [5.74, 6) is -1.36. The number of carboxylic acid groups (broad SMARTS) is 1. The molecule has 7 nitrogen and oxygen atoms in total. The summed E-state index contributed by atoms with van der Waals surface area (Å²) in [5, 5.41) is 20.7. The molecule has 2 aliphatic rings. The second-order valence-corrected chi connectivity index (χ2v) is 5.10. The molecule has 2 fully saturated rings. The highest BCUT2D eigenvalue weighted by Crippen LogP contribution is 2.26. The van der Waals surface area contributed by atoms with Crippen LogP contribution in [0.5, 0.6) is 0 Å². The highest BCUT2D eigenvalue weighted by molar-refractivity contribution is 5.79. The monoisotopic (exact) mass is 258 g/mol. The van der Waals surface area contributed by atoms with E-state index >= 15 is 0 Å². The van der Waals surface area contributed by atoms with Gasteiger partial charge < -0.3 is 25.2 Å². The number of hydrogen-bond donors (Lipinski definition) is 3. The molecule has 7 heteroatoms. The third-order valence-electron chi connectivity index (χ3n) is 3.38. The minimum absolute atomic E-state index is 0.0921. The molecule has 0 spiro atoms. The number of carboxylic acids is 1. The van der Waals surface area contributed by atoms with Gasteiger partial charge in [0.05, 0.1) is 18.8 Å². The molecule has 0 aromatic rings. The summed E-state index contributed by atoms with van der Waals surface area (Å²) in [6.45, 7) is 1.89. The first kappa shape index (κ1) is 13.1. The molecule has 3 N–H and O–H groups in total. The largest absolute Gasteiger partial charge is 0.479 e. The average molecular weight is 258 g/mol. The van der Waals surface area contributed by atoms with Crippen molar-refractivity contribution >= 4 is 12.0 Å². The number of nitrogens with one attached hydrogen (secondary N) is 1. The van der Waals surface area contributed by atoms with Crippen molar-refractivity contribution in [2.45, 2.75) is 37.6 Å². The van der Waals surface area contributed by atoms with Crippen molar-refractivity contribution in [2.24, 2.45) is 0 Å². The lowest BCUT2D eigenvalue weighted by Crippen LogP contribution is -2.54. The van der Waals surface area contributed by atoms with Gasteiger partial charge in [0, 0.05) is 13.1 Å². The molecule has 2 aliphatic heterocycles. The third-order valence-corrected chi connectivity index (χ3v) is 3.38. The minimum atomic E-state index is -1.94. The number of hydrogen-bond acceptors (Lipinski definition) is 4. The number of aliphatic carboxylic acids is 1. The third kappa shape index (κ3) is 2.73. The van der Waals surface area contributed by atoms with Crippen LogP contribution in [0.15, 0.2) is 0 Å². The minimum Gasteiger partial charge on any atom is -0.479 e. The van der Waals surface area contributed by atoms with Crippen LogP contribution < -0.4 is 5.32 Å². The van der Waals surface area contributed by atoms with Gasteiger partial charge in [0.15, 0.2) is 5.60 Å². The van der Waals surface area contributed by atoms with Crippen LogP contribution in [-0.2, 0) is 9.53 Å². The highest BCUT2D eigenvalue weighted by Gasteiger charge is 2.37. The Morgan fingerprint density at radius 1 is 1.39 bits per heavy atom. The fourth-order valence-electron chi connectivity index (χ4n) is 2.22. The molecule has 0 aliphatic carbocycles. The smallest absolute Gasteiger partial charge is 0.337 e. The molecule has 0 aromatic heterocycles. The number of amides is 2. The van der Waals surface area contributed by atoms with E-state index in [0.29, 0.717) is 13.1 Å². The van der Waals surface area contributed by atoms with E-state index < -0.39 is 11.6 Å². The number of rotatable bonds is 3. The van der Waals surface area contributed by atoms with Gasteiger partial charge in [0.1, 0.15) is 0 Å². The molecule has 3 unspecified atom stereocenters. The van der Waals surface area contributed by atoms with Gasteiger partial charge in [0.2, 0.25) is 0 Å². The maximum Gasteiger partial charge on any atom is 0.337 e. The van der Waals surface area contributed by atoms with Gasteiger partial charge in [-0.15, -0.1) is 0 Å². The number of likely N-dealkylation sites (tertiary alicyclic amines) is 1. The van der Waals surface area contributed by atoms with E-state index in [2.05, 4.69) is 5.32 Å². The second kappa shape index (κ2) is 4.74. The van der Waals surface area contributed by atoms with Crippen molar-refractivity contribution in [3.05, 3.63) is 0 Å². The van der Waals surface area contributed by atoms with E-state index in [1.165, 1.54) is 0 Å². The predicted octanol–water partition coefficient (Wildman–Crippen LogP) is -0.605. The van der Waals surface area contributed by atoms with Gasteiger partial charge in [-0.25, -0.2) is 9.59 Å². The van der Waals surface area contributed by atoms with Crippen LogP contribution in [0.2, 0.25) is 0 Å². The summed E-state index contributed by atoms with van der Waals surface area (Å²) in [5.41, 5.74) is -1.94. The van der Waals surface area contributed by atoms with Crippen LogP contribution in [0, 0.1) is 0 Å². The van der Waals surface area contributed by atoms with Crippen LogP contribution >= 0.6 is 0 Å². The van der Waals surface area contributed by atoms with Crippen LogP contribution in [-0.4, -0.2) is 64.6 Å². The number of ether oxygens (including phenoxy) is 1. The fourth-order valence-corrected chi connectivity index (χ4v) is 2.22. The topological polar surface area (TPSA) is 99.1 Å². The standard InChI is InChI=1S/C11H18N2O5/c1-11(17,9(14)15)6-12-10(16)13-4-7-2-3-8(5-13)18-7/h7-8,17H,2-6H2,1H3,(H,12,16)(H,14,15). The van der Waals surface area contributed by atoms with Gasteiger partial charge in [0.25, 0.3) is 0 Å². The van der Waals surface area contributed by atoms with Crippen LogP contribution in [0.3, 0.4) is 0 Å². The maximum atomic E-state index is 11.8. The number of fused-ring (bicyclic) bond motifs is 2. The van der Waals surface area contributed by atoms with Gasteiger partial charge in [-0.1, -0.05) is 0 Å². The molecule has 0 aromatic carbocycles. The zero-order chi connectivity index (χ0) is 13.3. The van der Waals surface area contributed by atoms with E-state index in [4.69, 9.17) is 9.84 Å². The Hall–Kier alpha value is -1.34. The van der Waals surface area contributed by atoms with Gasteiger partial charge in [-0.3, -0.25) is 0 Å². The molecule has 2 amide bonds. The summed E-state index contributed by atoms with van der Waals surface area (Å²) in [4.78, 5) is 24.1. The van der Waals surface area contributed by atoms with E-state index in [1.807, 2.05) is 0 Å². The van der Waals surface area contributed by atoms with Crippen LogP contribution in [0.25, 0.3) is 0 Å². The number of morpholine rings is 1. The number of nitrogens with zero attached hydrogens (tertiary/aromatic N) is 1. The van der Waals surface area contributed by atoms with Crippen molar-refractivity contribution in [3.63, 3.8) is 0 Å². The molecule has 0 radical (unpaired) electrons. The first-order valence-corrected chi connectivity index (χ1v) is 6.02. The van der Waals surface area contributed by atoms with Crippen molar-refractivity contribution < 1.29 is 24.5 Å². The average Bonchev–Trinajstić information content (AvgIpc) is 2.65. The maximum absolute atomic E-state index is 11.8. The SMILES string of the molecule is CC(O)(CNC(=O)N1CC2CCC(C1)O2)C(=O)O. The van der Waals surface area contributed by atoms with E-state index in [-0.39, 0.29) is 24.8 Å². The Kier molecular flexibility index (Phi) is 3.45. The predicted molar refractivity (Wildman–Crippen MR) is 61.1 cm³/mol. The summed E-state index contributed by atoms with van der Waals surface area (Å²) < 4.78 is 5.60. The van der Waals surface area contributed by atoms with Gasteiger partial charge in [-0.2, -0.15) is 0 Å². The fraction of sp³-hybridized carbons (Fsp3) is 0.818. The van der Waals surface area contributed by atoms with Crippen molar-refractivity contribution in [1.82, 2.24) is 10.2 Å². The lowest BCUT2D eigenvalue weighted by Gasteiger charge is -2.32. The molecular formula is C11H18N2O5. The Morgan fingerprint density at radius 3 is 2.44 bits per heavy atom. The summed E-state index contributed by atoms with van der Waals surface area (Å²) in [6.07, 6.45) is 2.10. The highest BCUT2D eigenvalue weighted by atomic mass is 16.5. The van der Waals surface area contributed by atoms with Crippen LogP contribution in [0.1, 0.15) is 19.8 Å². The van der Waals surface area contributed by atoms with E-state index in [9.17, 15) is 14.7 Å². The van der Waals surface area contributed by atoms with Crippen molar-refractivity contribution in [3.8, 4) is 0 Å². The number of urea groups is 1.